The summed E-state index contributed by atoms with van der Waals surface area (Å²) in [4.78, 5) is 24.9. The number of hydrogen-bond acceptors (Lipinski definition) is 2. The zero-order chi connectivity index (χ0) is 18.4. The number of carbonyl (C=O) groups is 2. The van der Waals surface area contributed by atoms with E-state index < -0.39 is 0 Å². The highest BCUT2D eigenvalue weighted by atomic mass is 16.2. The standard InChI is InChI=1S/C23H24N2O2/c26-20-12-16(14-24-20)18-8-4-5-9-19(18)25-22(27)21-15-10-11-23(21,13-15)17-6-2-1-3-7-17/h1-9,15-16,21H,10-14H2,(H,24,26)(H,25,27)/t15-,16?,21+,23+/m1/s1. The number of hydrogen-bond donors (Lipinski definition) is 2. The van der Waals surface area contributed by atoms with Crippen molar-refractivity contribution in [3.63, 3.8) is 0 Å². The minimum absolute atomic E-state index is 0.00976. The highest BCUT2D eigenvalue weighted by Gasteiger charge is 2.62. The molecule has 138 valence electrons. The predicted octanol–water partition coefficient (Wildman–Crippen LogP) is 3.60. The average molecular weight is 360 g/mol. The largest absolute Gasteiger partial charge is 0.355 e. The van der Waals surface area contributed by atoms with Gasteiger partial charge in [0.15, 0.2) is 0 Å². The lowest BCUT2D eigenvalue weighted by atomic mass is 9.56. The summed E-state index contributed by atoms with van der Waals surface area (Å²) in [7, 11) is 0. The second-order valence-electron chi connectivity index (χ2n) is 8.28. The van der Waals surface area contributed by atoms with Gasteiger partial charge in [-0.05, 0) is 42.4 Å². The molecule has 6 rings (SSSR count). The van der Waals surface area contributed by atoms with Gasteiger partial charge in [0, 0.05) is 30.0 Å². The van der Waals surface area contributed by atoms with Crippen molar-refractivity contribution in [2.24, 2.45) is 11.8 Å². The lowest BCUT2D eigenvalue weighted by Gasteiger charge is -2.47. The Kier molecular flexibility index (Phi) is 3.81. The van der Waals surface area contributed by atoms with E-state index >= 15 is 0 Å². The Balaban J connectivity index is 1.40. The summed E-state index contributed by atoms with van der Waals surface area (Å²) >= 11 is 0. The van der Waals surface area contributed by atoms with Crippen molar-refractivity contribution in [3.05, 3.63) is 65.7 Å². The Bertz CT molecular complexity index is 890. The van der Waals surface area contributed by atoms with Gasteiger partial charge in [-0.15, -0.1) is 0 Å². The van der Waals surface area contributed by atoms with E-state index in [0.717, 1.165) is 30.5 Å². The molecule has 1 unspecified atom stereocenters. The van der Waals surface area contributed by atoms with E-state index in [4.69, 9.17) is 0 Å². The average Bonchev–Trinajstić information content (AvgIpc) is 3.38. The highest BCUT2D eigenvalue weighted by molar-refractivity contribution is 5.96. The quantitative estimate of drug-likeness (QED) is 0.875. The van der Waals surface area contributed by atoms with Crippen molar-refractivity contribution in [2.75, 3.05) is 11.9 Å². The van der Waals surface area contributed by atoms with Gasteiger partial charge in [0.1, 0.15) is 0 Å². The van der Waals surface area contributed by atoms with Crippen molar-refractivity contribution in [2.45, 2.75) is 37.0 Å². The van der Waals surface area contributed by atoms with Crippen molar-refractivity contribution >= 4 is 17.5 Å². The lowest BCUT2D eigenvalue weighted by molar-refractivity contribution is -0.127. The fourth-order valence-electron chi connectivity index (χ4n) is 5.65. The number of para-hydroxylation sites is 1. The highest BCUT2D eigenvalue weighted by Crippen LogP contribution is 2.64. The van der Waals surface area contributed by atoms with Gasteiger partial charge >= 0.3 is 0 Å². The molecule has 2 aromatic rings. The number of fused-ring (bicyclic) bond motifs is 1. The molecule has 2 aromatic carbocycles. The van der Waals surface area contributed by atoms with Gasteiger partial charge in [0.25, 0.3) is 0 Å². The molecule has 2 amide bonds. The van der Waals surface area contributed by atoms with Crippen LogP contribution in [0.4, 0.5) is 5.69 Å². The van der Waals surface area contributed by atoms with Crippen molar-refractivity contribution < 1.29 is 9.59 Å². The number of benzene rings is 2. The van der Waals surface area contributed by atoms with Crippen LogP contribution in [0, 0.1) is 11.8 Å². The van der Waals surface area contributed by atoms with Crippen LogP contribution in [0.2, 0.25) is 0 Å². The van der Waals surface area contributed by atoms with E-state index in [-0.39, 0.29) is 29.1 Å². The predicted molar refractivity (Wildman–Crippen MR) is 104 cm³/mol. The van der Waals surface area contributed by atoms with Crippen molar-refractivity contribution in [3.8, 4) is 0 Å². The van der Waals surface area contributed by atoms with Gasteiger partial charge in [-0.2, -0.15) is 0 Å². The van der Waals surface area contributed by atoms with Crippen LogP contribution in [0.1, 0.15) is 42.7 Å². The Morgan fingerprint density at radius 1 is 1.07 bits per heavy atom. The second kappa shape index (κ2) is 6.22. The number of anilines is 1. The third-order valence-electron chi connectivity index (χ3n) is 6.92. The maximum absolute atomic E-state index is 13.3. The van der Waals surface area contributed by atoms with Crippen LogP contribution in [0.5, 0.6) is 0 Å². The second-order valence-corrected chi connectivity index (χ2v) is 8.28. The normalized spacial score (nSPS) is 31.3. The monoisotopic (exact) mass is 360 g/mol. The Morgan fingerprint density at radius 2 is 1.85 bits per heavy atom. The molecule has 1 aliphatic heterocycles. The maximum Gasteiger partial charge on any atom is 0.228 e. The molecule has 2 N–H and O–H groups in total. The first-order valence-corrected chi connectivity index (χ1v) is 9.89. The molecule has 0 spiro atoms. The fourth-order valence-corrected chi connectivity index (χ4v) is 5.65. The van der Waals surface area contributed by atoms with Crippen LogP contribution >= 0.6 is 0 Å². The molecular formula is C23H24N2O2. The molecule has 4 fully saturated rings. The first-order valence-electron chi connectivity index (χ1n) is 9.89. The van der Waals surface area contributed by atoms with Crippen LogP contribution in [-0.4, -0.2) is 18.4 Å². The number of rotatable bonds is 4. The first kappa shape index (κ1) is 16.5. The van der Waals surface area contributed by atoms with Gasteiger partial charge < -0.3 is 10.6 Å². The minimum atomic E-state index is 0.00976. The molecule has 0 aromatic heterocycles. The van der Waals surface area contributed by atoms with Crippen LogP contribution < -0.4 is 10.6 Å². The van der Waals surface area contributed by atoms with E-state index in [1.165, 1.54) is 5.56 Å². The summed E-state index contributed by atoms with van der Waals surface area (Å²) in [6.45, 7) is 0.645. The molecular weight excluding hydrogens is 336 g/mol. The smallest absolute Gasteiger partial charge is 0.228 e. The van der Waals surface area contributed by atoms with Gasteiger partial charge in [-0.25, -0.2) is 0 Å². The SMILES string of the molecule is O=C1CC(c2ccccc2NC(=O)[C@@H]2[C@@H]3CC[C@@]2(c2ccccc2)C3)CN1. The van der Waals surface area contributed by atoms with Gasteiger partial charge in [-0.1, -0.05) is 48.5 Å². The summed E-state index contributed by atoms with van der Waals surface area (Å²) in [6, 6.07) is 18.4. The van der Waals surface area contributed by atoms with E-state index in [2.05, 4.69) is 34.9 Å². The fraction of sp³-hybridized carbons (Fsp3) is 0.391. The number of carbonyl (C=O) groups excluding carboxylic acids is 2. The molecule has 1 heterocycles. The van der Waals surface area contributed by atoms with E-state index in [1.54, 1.807) is 0 Å². The zero-order valence-electron chi connectivity index (χ0n) is 15.3. The zero-order valence-corrected chi connectivity index (χ0v) is 15.3. The summed E-state index contributed by atoms with van der Waals surface area (Å²) in [6.07, 6.45) is 3.85. The number of amides is 2. The van der Waals surface area contributed by atoms with Gasteiger partial charge in [0.2, 0.25) is 11.8 Å². The Labute approximate surface area is 159 Å². The van der Waals surface area contributed by atoms with E-state index in [9.17, 15) is 9.59 Å². The molecule has 0 radical (unpaired) electrons. The summed E-state index contributed by atoms with van der Waals surface area (Å²) in [5.41, 5.74) is 3.23. The topological polar surface area (TPSA) is 58.2 Å². The van der Waals surface area contributed by atoms with Crippen LogP contribution in [0.15, 0.2) is 54.6 Å². The number of nitrogens with one attached hydrogen (secondary N) is 2. The minimum Gasteiger partial charge on any atom is -0.355 e. The van der Waals surface area contributed by atoms with E-state index in [0.29, 0.717) is 18.9 Å². The molecule has 1 saturated heterocycles. The molecule has 4 nitrogen and oxygen atoms in total. The van der Waals surface area contributed by atoms with Crippen LogP contribution in [0.25, 0.3) is 0 Å². The molecule has 4 heteroatoms. The molecule has 4 atom stereocenters. The molecule has 3 aliphatic carbocycles. The molecule has 4 aliphatic rings. The molecule has 27 heavy (non-hydrogen) atoms. The van der Waals surface area contributed by atoms with Crippen LogP contribution in [-0.2, 0) is 15.0 Å². The van der Waals surface area contributed by atoms with Crippen molar-refractivity contribution in [1.82, 2.24) is 5.32 Å². The summed E-state index contributed by atoms with van der Waals surface area (Å²) in [5.74, 6) is 0.900. The lowest BCUT2D eigenvalue weighted by Crippen LogP contribution is -2.50. The Morgan fingerprint density at radius 3 is 2.59 bits per heavy atom. The molecule has 2 bridgehead atoms. The summed E-state index contributed by atoms with van der Waals surface area (Å²) < 4.78 is 0. The third-order valence-corrected chi connectivity index (χ3v) is 6.92. The summed E-state index contributed by atoms with van der Waals surface area (Å²) in [5, 5.41) is 6.12. The van der Waals surface area contributed by atoms with Crippen LogP contribution in [0.3, 0.4) is 0 Å². The van der Waals surface area contributed by atoms with E-state index in [1.807, 2.05) is 30.3 Å². The van der Waals surface area contributed by atoms with Gasteiger partial charge in [0.05, 0.1) is 5.92 Å². The molecule has 3 saturated carbocycles. The first-order chi connectivity index (χ1) is 13.2. The van der Waals surface area contributed by atoms with Gasteiger partial charge in [-0.3, -0.25) is 9.59 Å². The Hall–Kier alpha value is -2.62. The third kappa shape index (κ3) is 2.58. The van der Waals surface area contributed by atoms with Crippen molar-refractivity contribution in [1.29, 1.82) is 0 Å². The maximum atomic E-state index is 13.3.